The van der Waals surface area contributed by atoms with Crippen LogP contribution < -0.4 is 0 Å². The maximum atomic E-state index is 5.30. The first kappa shape index (κ1) is 20.2. The molecule has 0 aromatic heterocycles. The van der Waals surface area contributed by atoms with E-state index < -0.39 is 0 Å². The van der Waals surface area contributed by atoms with E-state index in [4.69, 9.17) is 4.74 Å². The van der Waals surface area contributed by atoms with Gasteiger partial charge in [0.25, 0.3) is 0 Å². The lowest BCUT2D eigenvalue weighted by Crippen LogP contribution is -2.28. The Morgan fingerprint density at radius 2 is 1.35 bits per heavy atom. The van der Waals surface area contributed by atoms with Gasteiger partial charge in [-0.2, -0.15) is 0 Å². The predicted octanol–water partition coefficient (Wildman–Crippen LogP) is 5.05. The lowest BCUT2D eigenvalue weighted by molar-refractivity contribution is 0.247. The molecule has 1 heterocycles. The first-order valence-electron chi connectivity index (χ1n) is 8.70. The molecule has 1 rings (SSSR count). The highest BCUT2D eigenvalue weighted by Gasteiger charge is 2.24. The van der Waals surface area contributed by atoms with E-state index in [0.717, 1.165) is 13.2 Å². The molecule has 1 fully saturated rings. The molecule has 1 saturated heterocycles. The van der Waals surface area contributed by atoms with Crippen molar-refractivity contribution in [2.24, 2.45) is 0 Å². The number of likely N-dealkylation sites (N-methyl/N-ethyl adjacent to an activating group) is 1. The molecule has 0 bridgehead atoms. The van der Waals surface area contributed by atoms with Crippen molar-refractivity contribution in [2.75, 3.05) is 26.2 Å². The summed E-state index contributed by atoms with van der Waals surface area (Å²) in [5.74, 6) is 0. The molecule has 0 aromatic rings. The second-order valence-corrected chi connectivity index (χ2v) is 6.03. The van der Waals surface area contributed by atoms with Crippen molar-refractivity contribution in [3.8, 4) is 0 Å². The smallest absolute Gasteiger partial charge is 0.0936 e. The van der Waals surface area contributed by atoms with Crippen molar-refractivity contribution >= 4 is 12.4 Å². The molecule has 1 aliphatic heterocycles. The SMILES string of the molecule is CCCCCCCCCCCCN(CC)CC1CO1.Cl. The van der Waals surface area contributed by atoms with E-state index in [2.05, 4.69) is 18.7 Å². The van der Waals surface area contributed by atoms with Gasteiger partial charge in [-0.05, 0) is 19.5 Å². The van der Waals surface area contributed by atoms with Crippen LogP contribution in [0, 0.1) is 0 Å². The number of unbranched alkanes of at least 4 members (excludes halogenated alkanes) is 9. The molecule has 122 valence electrons. The van der Waals surface area contributed by atoms with Gasteiger partial charge in [0, 0.05) is 6.54 Å². The van der Waals surface area contributed by atoms with Crippen molar-refractivity contribution in [3.63, 3.8) is 0 Å². The number of nitrogens with zero attached hydrogens (tertiary/aromatic N) is 1. The fourth-order valence-electron chi connectivity index (χ4n) is 2.66. The van der Waals surface area contributed by atoms with Gasteiger partial charge in [0.15, 0.2) is 0 Å². The van der Waals surface area contributed by atoms with Crippen molar-refractivity contribution in [1.29, 1.82) is 0 Å². The minimum atomic E-state index is 0. The van der Waals surface area contributed by atoms with E-state index in [0.29, 0.717) is 6.10 Å². The largest absolute Gasteiger partial charge is 0.372 e. The van der Waals surface area contributed by atoms with Gasteiger partial charge in [-0.3, -0.25) is 0 Å². The Bertz CT molecular complexity index is 197. The fourth-order valence-corrected chi connectivity index (χ4v) is 2.66. The molecule has 0 spiro atoms. The molecule has 1 aliphatic rings. The summed E-state index contributed by atoms with van der Waals surface area (Å²) in [4.78, 5) is 2.54. The Labute approximate surface area is 133 Å². The second kappa shape index (κ2) is 14.2. The summed E-state index contributed by atoms with van der Waals surface area (Å²) < 4.78 is 5.30. The zero-order chi connectivity index (χ0) is 13.8. The summed E-state index contributed by atoms with van der Waals surface area (Å²) in [6, 6.07) is 0. The minimum Gasteiger partial charge on any atom is -0.372 e. The monoisotopic (exact) mass is 305 g/mol. The summed E-state index contributed by atoms with van der Waals surface area (Å²) in [5.41, 5.74) is 0. The predicted molar refractivity (Wildman–Crippen MR) is 90.9 cm³/mol. The quantitative estimate of drug-likeness (QED) is 0.330. The molecule has 0 amide bonds. The zero-order valence-electron chi connectivity index (χ0n) is 13.7. The highest BCUT2D eigenvalue weighted by Crippen LogP contribution is 2.13. The Hall–Kier alpha value is 0.210. The first-order chi connectivity index (χ1) is 9.36. The van der Waals surface area contributed by atoms with Gasteiger partial charge in [0.05, 0.1) is 12.7 Å². The van der Waals surface area contributed by atoms with E-state index in [1.165, 1.54) is 77.3 Å². The van der Waals surface area contributed by atoms with Crippen LogP contribution in [-0.2, 0) is 4.74 Å². The third kappa shape index (κ3) is 12.0. The van der Waals surface area contributed by atoms with Crippen LogP contribution in [0.1, 0.15) is 78.1 Å². The summed E-state index contributed by atoms with van der Waals surface area (Å²) in [6.07, 6.45) is 14.8. The van der Waals surface area contributed by atoms with Gasteiger partial charge in [0.2, 0.25) is 0 Å². The molecule has 0 N–H and O–H groups in total. The van der Waals surface area contributed by atoms with Gasteiger partial charge in [-0.15, -0.1) is 12.4 Å². The van der Waals surface area contributed by atoms with E-state index in [1.54, 1.807) is 0 Å². The van der Waals surface area contributed by atoms with E-state index in [9.17, 15) is 0 Å². The van der Waals surface area contributed by atoms with Crippen LogP contribution in [0.15, 0.2) is 0 Å². The fraction of sp³-hybridized carbons (Fsp3) is 1.00. The number of ether oxygens (including phenoxy) is 1. The number of rotatable bonds is 14. The number of epoxide rings is 1. The topological polar surface area (TPSA) is 15.8 Å². The van der Waals surface area contributed by atoms with Gasteiger partial charge >= 0.3 is 0 Å². The average molecular weight is 306 g/mol. The highest BCUT2D eigenvalue weighted by molar-refractivity contribution is 5.85. The van der Waals surface area contributed by atoms with Crippen molar-refractivity contribution in [1.82, 2.24) is 4.90 Å². The Morgan fingerprint density at radius 3 is 1.80 bits per heavy atom. The average Bonchev–Trinajstić information content (AvgIpc) is 3.23. The molecule has 1 unspecified atom stereocenters. The zero-order valence-corrected chi connectivity index (χ0v) is 14.6. The van der Waals surface area contributed by atoms with E-state index in [-0.39, 0.29) is 12.4 Å². The van der Waals surface area contributed by atoms with Crippen LogP contribution in [0.3, 0.4) is 0 Å². The van der Waals surface area contributed by atoms with Crippen molar-refractivity contribution in [2.45, 2.75) is 84.2 Å². The number of hydrogen-bond acceptors (Lipinski definition) is 2. The van der Waals surface area contributed by atoms with Crippen molar-refractivity contribution < 1.29 is 4.74 Å². The Kier molecular flexibility index (Phi) is 14.3. The summed E-state index contributed by atoms with van der Waals surface area (Å²) in [7, 11) is 0. The summed E-state index contributed by atoms with van der Waals surface area (Å²) in [6.45, 7) is 9.15. The molecule has 1 atom stereocenters. The standard InChI is InChI=1S/C17H35NO.ClH/c1-3-5-6-7-8-9-10-11-12-13-14-18(4-2)15-17-16-19-17;/h17H,3-16H2,1-2H3;1H. The molecule has 0 aliphatic carbocycles. The highest BCUT2D eigenvalue weighted by atomic mass is 35.5. The Balaban J connectivity index is 0.00000361. The van der Waals surface area contributed by atoms with E-state index in [1.807, 2.05) is 0 Å². The van der Waals surface area contributed by atoms with Crippen LogP contribution in [0.5, 0.6) is 0 Å². The molecular weight excluding hydrogens is 270 g/mol. The van der Waals surface area contributed by atoms with Crippen LogP contribution >= 0.6 is 12.4 Å². The van der Waals surface area contributed by atoms with Crippen LogP contribution in [-0.4, -0.2) is 37.2 Å². The minimum absolute atomic E-state index is 0. The lowest BCUT2D eigenvalue weighted by atomic mass is 10.1. The molecule has 3 heteroatoms. The van der Waals surface area contributed by atoms with Gasteiger partial charge in [-0.25, -0.2) is 0 Å². The van der Waals surface area contributed by atoms with Crippen molar-refractivity contribution in [3.05, 3.63) is 0 Å². The van der Waals surface area contributed by atoms with Gasteiger partial charge in [-0.1, -0.05) is 71.6 Å². The lowest BCUT2D eigenvalue weighted by Gasteiger charge is -2.18. The molecule has 0 radical (unpaired) electrons. The van der Waals surface area contributed by atoms with Crippen LogP contribution in [0.2, 0.25) is 0 Å². The normalized spacial score (nSPS) is 17.2. The van der Waals surface area contributed by atoms with Gasteiger partial charge < -0.3 is 9.64 Å². The first-order valence-corrected chi connectivity index (χ1v) is 8.70. The van der Waals surface area contributed by atoms with Crippen LogP contribution in [0.25, 0.3) is 0 Å². The molecule has 2 nitrogen and oxygen atoms in total. The molecule has 0 aromatic carbocycles. The Morgan fingerprint density at radius 1 is 0.850 bits per heavy atom. The van der Waals surface area contributed by atoms with E-state index >= 15 is 0 Å². The maximum Gasteiger partial charge on any atom is 0.0936 e. The number of halogens is 1. The third-order valence-corrected chi connectivity index (χ3v) is 4.14. The molecule has 20 heavy (non-hydrogen) atoms. The van der Waals surface area contributed by atoms with Crippen LogP contribution in [0.4, 0.5) is 0 Å². The summed E-state index contributed by atoms with van der Waals surface area (Å²) in [5, 5.41) is 0. The number of hydrogen-bond donors (Lipinski definition) is 0. The second-order valence-electron chi connectivity index (χ2n) is 6.03. The molecular formula is C17H36ClNO. The summed E-state index contributed by atoms with van der Waals surface area (Å²) >= 11 is 0. The molecule has 0 saturated carbocycles. The third-order valence-electron chi connectivity index (χ3n) is 4.14. The maximum absolute atomic E-state index is 5.30. The van der Waals surface area contributed by atoms with Gasteiger partial charge in [0.1, 0.15) is 0 Å².